The van der Waals surface area contributed by atoms with E-state index in [9.17, 15) is 9.59 Å². The van der Waals surface area contributed by atoms with Gasteiger partial charge in [0.1, 0.15) is 11.8 Å². The molecule has 0 saturated carbocycles. The monoisotopic (exact) mass is 522 g/mol. The van der Waals surface area contributed by atoms with Crippen LogP contribution in [0.5, 0.6) is 5.75 Å². The average Bonchev–Trinajstić information content (AvgIpc) is 2.84. The van der Waals surface area contributed by atoms with Gasteiger partial charge in [0.2, 0.25) is 5.91 Å². The molecule has 0 aliphatic heterocycles. The summed E-state index contributed by atoms with van der Waals surface area (Å²) in [5.41, 5.74) is 5.11. The first-order valence-electron chi connectivity index (χ1n) is 11.3. The number of hydrogen-bond donors (Lipinski definition) is 1. The fourth-order valence-electron chi connectivity index (χ4n) is 3.91. The molecule has 0 aliphatic carbocycles. The van der Waals surface area contributed by atoms with Crippen LogP contribution in [0, 0.1) is 20.8 Å². The Kier molecular flexibility index (Phi) is 8.88. The minimum atomic E-state index is -0.670. The predicted molar refractivity (Wildman–Crippen MR) is 139 cm³/mol. The molecule has 34 heavy (non-hydrogen) atoms. The summed E-state index contributed by atoms with van der Waals surface area (Å²) in [4.78, 5) is 28.2. The summed E-state index contributed by atoms with van der Waals surface area (Å²) in [6.45, 7) is 6.14. The van der Waals surface area contributed by atoms with Gasteiger partial charge in [0.25, 0.3) is 5.91 Å². The first-order chi connectivity index (χ1) is 16.3. The number of nitrogens with zero attached hydrogens (tertiary/aromatic N) is 1. The number of likely N-dealkylation sites (N-methyl/N-ethyl adjacent to an activating group) is 1. The van der Waals surface area contributed by atoms with Crippen molar-refractivity contribution in [2.75, 3.05) is 13.7 Å². The summed E-state index contributed by atoms with van der Waals surface area (Å²) < 4.78 is 6.93. The van der Waals surface area contributed by atoms with E-state index in [0.717, 1.165) is 32.3 Å². The average molecular weight is 523 g/mol. The molecule has 0 bridgehead atoms. The normalized spacial score (nSPS) is 11.6. The van der Waals surface area contributed by atoms with Crippen molar-refractivity contribution in [3.63, 3.8) is 0 Å². The van der Waals surface area contributed by atoms with Gasteiger partial charge in [-0.25, -0.2) is 0 Å². The summed E-state index contributed by atoms with van der Waals surface area (Å²) in [7, 11) is 1.60. The number of halogens is 1. The molecule has 3 aromatic carbocycles. The standard InChI is InChI=1S/C28H31BrN2O3/c1-19-10-8-9-13-23(19)17-31(25(28(33)30-4)16-22-11-6-5-7-12-22)26(32)18-34-24-14-20(2)27(29)21(3)15-24/h5-15,25H,16-18H2,1-4H3,(H,30,33)/t25-/m0/s1. The highest BCUT2D eigenvalue weighted by atomic mass is 79.9. The van der Waals surface area contributed by atoms with E-state index in [0.29, 0.717) is 18.7 Å². The van der Waals surface area contributed by atoms with Crippen LogP contribution in [0.3, 0.4) is 0 Å². The lowest BCUT2D eigenvalue weighted by Gasteiger charge is -2.31. The molecule has 0 saturated heterocycles. The molecule has 3 rings (SSSR count). The van der Waals surface area contributed by atoms with E-state index in [-0.39, 0.29) is 18.4 Å². The van der Waals surface area contributed by atoms with Crippen LogP contribution in [0.4, 0.5) is 0 Å². The highest BCUT2D eigenvalue weighted by Gasteiger charge is 2.30. The molecule has 0 unspecified atom stereocenters. The van der Waals surface area contributed by atoms with E-state index in [1.54, 1.807) is 11.9 Å². The number of carbonyl (C=O) groups is 2. The molecular weight excluding hydrogens is 492 g/mol. The number of aryl methyl sites for hydroxylation is 3. The fraction of sp³-hybridized carbons (Fsp3) is 0.286. The van der Waals surface area contributed by atoms with Gasteiger partial charge in [-0.15, -0.1) is 0 Å². The highest BCUT2D eigenvalue weighted by molar-refractivity contribution is 9.10. The van der Waals surface area contributed by atoms with Crippen LogP contribution in [-0.4, -0.2) is 36.4 Å². The zero-order chi connectivity index (χ0) is 24.7. The van der Waals surface area contributed by atoms with E-state index < -0.39 is 6.04 Å². The highest BCUT2D eigenvalue weighted by Crippen LogP contribution is 2.26. The summed E-state index contributed by atoms with van der Waals surface area (Å²) in [5, 5.41) is 2.74. The predicted octanol–water partition coefficient (Wildman–Crippen LogP) is 5.14. The van der Waals surface area contributed by atoms with E-state index in [4.69, 9.17) is 4.74 Å². The van der Waals surface area contributed by atoms with Crippen LogP contribution in [0.25, 0.3) is 0 Å². The number of carbonyl (C=O) groups excluding carboxylic acids is 2. The number of nitrogens with one attached hydrogen (secondary N) is 1. The lowest BCUT2D eigenvalue weighted by atomic mass is 10.0. The molecule has 0 spiro atoms. The van der Waals surface area contributed by atoms with Crippen LogP contribution in [0.15, 0.2) is 71.2 Å². The molecular formula is C28H31BrN2O3. The van der Waals surface area contributed by atoms with Crippen molar-refractivity contribution in [2.45, 2.75) is 39.8 Å². The zero-order valence-electron chi connectivity index (χ0n) is 20.1. The summed E-state index contributed by atoms with van der Waals surface area (Å²) in [6.07, 6.45) is 0.411. The molecule has 0 aromatic heterocycles. The van der Waals surface area contributed by atoms with Gasteiger partial charge in [-0.1, -0.05) is 70.5 Å². The maximum atomic E-state index is 13.5. The fourth-order valence-corrected chi connectivity index (χ4v) is 4.14. The molecule has 178 valence electrons. The molecule has 0 aliphatic rings. The van der Waals surface area contributed by atoms with E-state index in [1.165, 1.54) is 0 Å². The molecule has 1 atom stereocenters. The Morgan fingerprint density at radius 2 is 1.56 bits per heavy atom. The first-order valence-corrected chi connectivity index (χ1v) is 12.1. The number of rotatable bonds is 9. The second-order valence-corrected chi connectivity index (χ2v) is 9.22. The largest absolute Gasteiger partial charge is 0.484 e. The van der Waals surface area contributed by atoms with E-state index >= 15 is 0 Å². The van der Waals surface area contributed by atoms with Crippen molar-refractivity contribution in [3.05, 3.63) is 99.0 Å². The third-order valence-electron chi connectivity index (χ3n) is 5.89. The van der Waals surface area contributed by atoms with Crippen LogP contribution in [-0.2, 0) is 22.6 Å². The summed E-state index contributed by atoms with van der Waals surface area (Å²) in [6, 6.07) is 20.8. The minimum absolute atomic E-state index is 0.158. The van der Waals surface area contributed by atoms with Crippen molar-refractivity contribution in [1.82, 2.24) is 10.2 Å². The van der Waals surface area contributed by atoms with Crippen LogP contribution in [0.2, 0.25) is 0 Å². The quantitative estimate of drug-likeness (QED) is 0.423. The molecule has 0 heterocycles. The Balaban J connectivity index is 1.90. The Morgan fingerprint density at radius 3 is 2.18 bits per heavy atom. The molecule has 0 fully saturated rings. The third kappa shape index (κ3) is 6.48. The van der Waals surface area contributed by atoms with Crippen molar-refractivity contribution < 1.29 is 14.3 Å². The lowest BCUT2D eigenvalue weighted by molar-refractivity contribution is -0.142. The zero-order valence-corrected chi connectivity index (χ0v) is 21.7. The van der Waals surface area contributed by atoms with Crippen molar-refractivity contribution in [3.8, 4) is 5.75 Å². The number of amides is 2. The second-order valence-electron chi connectivity index (χ2n) is 8.43. The van der Waals surface area contributed by atoms with Crippen LogP contribution >= 0.6 is 15.9 Å². The Hall–Kier alpha value is -3.12. The summed E-state index contributed by atoms with van der Waals surface area (Å²) >= 11 is 3.56. The van der Waals surface area contributed by atoms with Crippen molar-refractivity contribution in [2.24, 2.45) is 0 Å². The Bertz CT molecular complexity index is 1120. The smallest absolute Gasteiger partial charge is 0.261 e. The maximum Gasteiger partial charge on any atom is 0.261 e. The molecule has 3 aromatic rings. The Morgan fingerprint density at radius 1 is 0.941 bits per heavy atom. The molecule has 1 N–H and O–H groups in total. The van der Waals surface area contributed by atoms with Gasteiger partial charge in [0.15, 0.2) is 6.61 Å². The van der Waals surface area contributed by atoms with Crippen LogP contribution < -0.4 is 10.1 Å². The van der Waals surface area contributed by atoms with Gasteiger partial charge in [-0.2, -0.15) is 0 Å². The third-order valence-corrected chi connectivity index (χ3v) is 7.14. The van der Waals surface area contributed by atoms with E-state index in [2.05, 4.69) is 21.2 Å². The molecule has 2 amide bonds. The topological polar surface area (TPSA) is 58.6 Å². The maximum absolute atomic E-state index is 13.5. The molecule has 0 radical (unpaired) electrons. The van der Waals surface area contributed by atoms with Gasteiger partial charge in [-0.05, 0) is 60.7 Å². The lowest BCUT2D eigenvalue weighted by Crippen LogP contribution is -2.51. The van der Waals surface area contributed by atoms with Crippen molar-refractivity contribution >= 4 is 27.7 Å². The van der Waals surface area contributed by atoms with Gasteiger partial charge < -0.3 is 15.0 Å². The number of ether oxygens (including phenoxy) is 1. The first kappa shape index (κ1) is 25.5. The van der Waals surface area contributed by atoms with Gasteiger partial charge >= 0.3 is 0 Å². The second kappa shape index (κ2) is 11.8. The van der Waals surface area contributed by atoms with Gasteiger partial charge in [-0.3, -0.25) is 9.59 Å². The molecule has 6 heteroatoms. The summed E-state index contributed by atoms with van der Waals surface area (Å²) in [5.74, 6) is 0.175. The number of benzene rings is 3. The van der Waals surface area contributed by atoms with E-state index in [1.807, 2.05) is 87.5 Å². The number of hydrogen-bond acceptors (Lipinski definition) is 3. The van der Waals surface area contributed by atoms with Crippen LogP contribution in [0.1, 0.15) is 27.8 Å². The molecule has 5 nitrogen and oxygen atoms in total. The van der Waals surface area contributed by atoms with Gasteiger partial charge in [0.05, 0.1) is 0 Å². The minimum Gasteiger partial charge on any atom is -0.484 e. The van der Waals surface area contributed by atoms with Gasteiger partial charge in [0, 0.05) is 24.5 Å². The van der Waals surface area contributed by atoms with Crippen molar-refractivity contribution in [1.29, 1.82) is 0 Å². The Labute approximate surface area is 210 Å². The SMILES string of the molecule is CNC(=O)[C@H](Cc1ccccc1)N(Cc1ccccc1C)C(=O)COc1cc(C)c(Br)c(C)c1.